The number of carbonyl (C=O) groups excluding carboxylic acids is 1. The maximum absolute atomic E-state index is 12.4. The molecule has 0 unspecified atom stereocenters. The Labute approximate surface area is 170 Å². The normalized spacial score (nSPS) is 10.5. The highest BCUT2D eigenvalue weighted by Gasteiger charge is 2.09. The second-order valence-electron chi connectivity index (χ2n) is 6.55. The number of carbonyl (C=O) groups is 1. The molecule has 0 aliphatic heterocycles. The molecule has 0 fully saturated rings. The van der Waals surface area contributed by atoms with E-state index in [1.165, 1.54) is 0 Å². The number of rotatable bonds is 7. The van der Waals surface area contributed by atoms with Crippen molar-refractivity contribution in [3.8, 4) is 5.75 Å². The van der Waals surface area contributed by atoms with Crippen LogP contribution >= 0.6 is 12.2 Å². The average molecular weight is 393 g/mol. The van der Waals surface area contributed by atoms with Crippen LogP contribution in [0.4, 0.5) is 5.69 Å². The van der Waals surface area contributed by atoms with Crippen molar-refractivity contribution in [3.05, 3.63) is 72.3 Å². The summed E-state index contributed by atoms with van der Waals surface area (Å²) >= 11 is 5.29. The summed E-state index contributed by atoms with van der Waals surface area (Å²) in [4.78, 5) is 12.4. The van der Waals surface area contributed by atoms with Crippen molar-refractivity contribution in [1.82, 2.24) is 5.32 Å². The van der Waals surface area contributed by atoms with E-state index >= 15 is 0 Å². The minimum atomic E-state index is -0.149. The van der Waals surface area contributed by atoms with Gasteiger partial charge < -0.3 is 15.4 Å². The van der Waals surface area contributed by atoms with Crippen LogP contribution in [0.1, 0.15) is 25.3 Å². The van der Waals surface area contributed by atoms with E-state index in [1.54, 1.807) is 0 Å². The molecule has 0 atom stereocenters. The molecule has 28 heavy (non-hydrogen) atoms. The maximum atomic E-state index is 12.4. The summed E-state index contributed by atoms with van der Waals surface area (Å²) in [5, 5.41) is 8.27. The fourth-order valence-corrected chi connectivity index (χ4v) is 3.18. The lowest BCUT2D eigenvalue weighted by Crippen LogP contribution is -2.35. The molecule has 0 aliphatic rings. The maximum Gasteiger partial charge on any atom is 0.230 e. The van der Waals surface area contributed by atoms with Gasteiger partial charge >= 0.3 is 0 Å². The van der Waals surface area contributed by atoms with Crippen molar-refractivity contribution >= 4 is 39.7 Å². The Balaban J connectivity index is 1.57. The Morgan fingerprint density at radius 3 is 2.68 bits per heavy atom. The lowest BCUT2D eigenvalue weighted by molar-refractivity contribution is -0.119. The van der Waals surface area contributed by atoms with E-state index in [0.717, 1.165) is 40.6 Å². The molecular weight excluding hydrogens is 368 g/mol. The highest BCUT2D eigenvalue weighted by Crippen LogP contribution is 2.19. The van der Waals surface area contributed by atoms with Crippen LogP contribution in [-0.2, 0) is 11.2 Å². The van der Waals surface area contributed by atoms with Gasteiger partial charge in [0, 0.05) is 11.8 Å². The largest absolute Gasteiger partial charge is 0.494 e. The fraction of sp³-hybridized carbons (Fsp3) is 0.217. The molecule has 0 aliphatic carbocycles. The number of unbranched alkanes of at least 4 members (excludes halogenated alkanes) is 1. The Bertz CT molecular complexity index is 966. The van der Waals surface area contributed by atoms with Crippen molar-refractivity contribution in [3.63, 3.8) is 0 Å². The van der Waals surface area contributed by atoms with Crippen LogP contribution in [0.2, 0.25) is 0 Å². The number of anilines is 1. The van der Waals surface area contributed by atoms with Gasteiger partial charge in [-0.15, -0.1) is 0 Å². The van der Waals surface area contributed by atoms with E-state index in [9.17, 15) is 4.79 Å². The van der Waals surface area contributed by atoms with Gasteiger partial charge in [-0.2, -0.15) is 0 Å². The first-order valence-electron chi connectivity index (χ1n) is 9.46. The first-order valence-corrected chi connectivity index (χ1v) is 9.87. The molecule has 0 heterocycles. The molecule has 0 saturated carbocycles. The van der Waals surface area contributed by atoms with Gasteiger partial charge in [-0.1, -0.05) is 61.9 Å². The van der Waals surface area contributed by atoms with Crippen LogP contribution in [0.25, 0.3) is 10.8 Å². The SMILES string of the molecule is CCCCOc1cccc(NC(=S)NC(=O)Cc2cccc3ccccc23)c1. The van der Waals surface area contributed by atoms with Gasteiger partial charge in [0.25, 0.3) is 0 Å². The van der Waals surface area contributed by atoms with Gasteiger partial charge in [0.2, 0.25) is 5.91 Å². The molecule has 144 valence electrons. The molecule has 3 aromatic carbocycles. The monoisotopic (exact) mass is 392 g/mol. The molecule has 3 aromatic rings. The highest BCUT2D eigenvalue weighted by molar-refractivity contribution is 7.80. The number of benzene rings is 3. The lowest BCUT2D eigenvalue weighted by Gasteiger charge is -2.12. The fourth-order valence-electron chi connectivity index (χ4n) is 2.95. The molecule has 0 aromatic heterocycles. The van der Waals surface area contributed by atoms with Crippen molar-refractivity contribution in [2.45, 2.75) is 26.2 Å². The molecule has 0 spiro atoms. The third kappa shape index (κ3) is 5.54. The predicted octanol–water partition coefficient (Wildman–Crippen LogP) is 5.07. The standard InChI is InChI=1S/C23H24N2O2S/c1-2-3-14-27-20-12-7-11-19(16-20)24-23(28)25-22(26)15-18-10-6-9-17-8-4-5-13-21(17)18/h4-13,16H,2-3,14-15H2,1H3,(H2,24,25,26,28). The second-order valence-corrected chi connectivity index (χ2v) is 6.96. The molecule has 1 amide bonds. The van der Waals surface area contributed by atoms with Crippen LogP contribution in [0.3, 0.4) is 0 Å². The van der Waals surface area contributed by atoms with Gasteiger partial charge in [-0.25, -0.2) is 0 Å². The minimum absolute atomic E-state index is 0.149. The second kappa shape index (κ2) is 9.85. The molecule has 2 N–H and O–H groups in total. The first kappa shape index (κ1) is 19.8. The quantitative estimate of drug-likeness (QED) is 0.435. The van der Waals surface area contributed by atoms with Gasteiger partial charge in [-0.05, 0) is 47.1 Å². The number of fused-ring (bicyclic) bond motifs is 1. The summed E-state index contributed by atoms with van der Waals surface area (Å²) < 4.78 is 5.70. The smallest absolute Gasteiger partial charge is 0.230 e. The molecule has 5 heteroatoms. The van der Waals surface area contributed by atoms with Crippen LogP contribution in [0.5, 0.6) is 5.75 Å². The van der Waals surface area contributed by atoms with E-state index in [4.69, 9.17) is 17.0 Å². The number of nitrogens with one attached hydrogen (secondary N) is 2. The number of hydrogen-bond donors (Lipinski definition) is 2. The summed E-state index contributed by atoms with van der Waals surface area (Å²) in [6.07, 6.45) is 2.37. The number of thiocarbonyl (C=S) groups is 1. The molecule has 4 nitrogen and oxygen atoms in total. The lowest BCUT2D eigenvalue weighted by atomic mass is 10.0. The van der Waals surface area contributed by atoms with Gasteiger partial charge in [0.1, 0.15) is 5.75 Å². The molecule has 0 bridgehead atoms. The topological polar surface area (TPSA) is 50.4 Å². The zero-order valence-corrected chi connectivity index (χ0v) is 16.7. The summed E-state index contributed by atoms with van der Waals surface area (Å²) in [5.74, 6) is 0.632. The van der Waals surface area contributed by atoms with E-state index < -0.39 is 0 Å². The zero-order valence-electron chi connectivity index (χ0n) is 15.9. The van der Waals surface area contributed by atoms with Crippen molar-refractivity contribution in [2.24, 2.45) is 0 Å². The minimum Gasteiger partial charge on any atom is -0.494 e. The number of hydrogen-bond acceptors (Lipinski definition) is 3. The van der Waals surface area contributed by atoms with Crippen LogP contribution in [-0.4, -0.2) is 17.6 Å². The summed E-state index contributed by atoms with van der Waals surface area (Å²) in [6, 6.07) is 21.6. The Morgan fingerprint density at radius 2 is 1.82 bits per heavy atom. The Kier molecular flexibility index (Phi) is 6.98. The third-order valence-corrected chi connectivity index (χ3v) is 4.55. The van der Waals surface area contributed by atoms with E-state index in [0.29, 0.717) is 6.61 Å². The molecular formula is C23H24N2O2S. The van der Waals surface area contributed by atoms with Crippen LogP contribution in [0, 0.1) is 0 Å². The molecule has 0 radical (unpaired) electrons. The third-order valence-electron chi connectivity index (χ3n) is 4.34. The van der Waals surface area contributed by atoms with Gasteiger partial charge in [-0.3, -0.25) is 4.79 Å². The molecule has 0 saturated heterocycles. The van der Waals surface area contributed by atoms with Gasteiger partial charge in [0.05, 0.1) is 13.0 Å². The zero-order chi connectivity index (χ0) is 19.8. The van der Waals surface area contributed by atoms with Crippen LogP contribution in [0.15, 0.2) is 66.7 Å². The number of amides is 1. The number of ether oxygens (including phenoxy) is 1. The summed E-state index contributed by atoms with van der Waals surface area (Å²) in [5.41, 5.74) is 1.76. The van der Waals surface area contributed by atoms with Crippen molar-refractivity contribution in [1.29, 1.82) is 0 Å². The first-order chi connectivity index (χ1) is 13.7. The van der Waals surface area contributed by atoms with Crippen molar-refractivity contribution < 1.29 is 9.53 Å². The highest BCUT2D eigenvalue weighted by atomic mass is 32.1. The van der Waals surface area contributed by atoms with E-state index in [2.05, 4.69) is 17.6 Å². The predicted molar refractivity (Wildman–Crippen MR) is 119 cm³/mol. The van der Waals surface area contributed by atoms with Crippen molar-refractivity contribution in [2.75, 3.05) is 11.9 Å². The summed E-state index contributed by atoms with van der Waals surface area (Å²) in [6.45, 7) is 2.81. The molecule has 3 rings (SSSR count). The Hall–Kier alpha value is -2.92. The average Bonchev–Trinajstić information content (AvgIpc) is 2.68. The summed E-state index contributed by atoms with van der Waals surface area (Å²) in [7, 11) is 0. The van der Waals surface area contributed by atoms with E-state index in [-0.39, 0.29) is 17.4 Å². The van der Waals surface area contributed by atoms with Gasteiger partial charge in [0.15, 0.2) is 5.11 Å². The van der Waals surface area contributed by atoms with E-state index in [1.807, 2.05) is 66.7 Å². The Morgan fingerprint density at radius 1 is 1.04 bits per heavy atom. The van der Waals surface area contributed by atoms with Crippen LogP contribution < -0.4 is 15.4 Å².